The maximum absolute atomic E-state index is 5.38. The average Bonchev–Trinajstić information content (AvgIpc) is 2.34. The number of hydrogen-bond donors (Lipinski definition) is 1. The fourth-order valence-electron chi connectivity index (χ4n) is 0.930. The Morgan fingerprint density at radius 2 is 2.67 bits per heavy atom. The minimum absolute atomic E-state index is 0.479. The van der Waals surface area contributed by atoms with Gasteiger partial charge < -0.3 is 4.74 Å². The van der Waals surface area contributed by atoms with Gasteiger partial charge in [-0.2, -0.15) is 0 Å². The number of hydrogen-bond acceptors (Lipinski definition) is 3. The zero-order valence-corrected chi connectivity index (χ0v) is 8.07. The smallest absolute Gasteiger partial charge is 0.0709 e. The van der Waals surface area contributed by atoms with Crippen LogP contribution >= 0.6 is 30.3 Å². The molecule has 0 aliphatic carbocycles. The summed E-state index contributed by atoms with van der Waals surface area (Å²) in [5.74, 6) is 0. The van der Waals surface area contributed by atoms with Crippen LogP contribution in [0.4, 0.5) is 0 Å². The molecule has 1 fully saturated rings. The third kappa shape index (κ3) is 3.06. The SMILES string of the molecule is ISNCC1CCCO1. The number of halogens is 1. The van der Waals surface area contributed by atoms with Crippen LogP contribution in [0.5, 0.6) is 0 Å². The zero-order valence-electron chi connectivity index (χ0n) is 5.10. The molecule has 0 aromatic rings. The summed E-state index contributed by atoms with van der Waals surface area (Å²) in [5, 5.41) is 0. The molecule has 9 heavy (non-hydrogen) atoms. The van der Waals surface area contributed by atoms with Gasteiger partial charge in [0.25, 0.3) is 0 Å². The lowest BCUT2D eigenvalue weighted by molar-refractivity contribution is 0.115. The Bertz CT molecular complexity index is 77.4. The molecule has 1 atom stereocenters. The van der Waals surface area contributed by atoms with Crippen LogP contribution in [0.2, 0.25) is 0 Å². The van der Waals surface area contributed by atoms with Crippen molar-refractivity contribution in [1.29, 1.82) is 0 Å². The second-order valence-electron chi connectivity index (χ2n) is 2.06. The van der Waals surface area contributed by atoms with E-state index in [2.05, 4.69) is 25.9 Å². The van der Waals surface area contributed by atoms with E-state index in [0.29, 0.717) is 6.10 Å². The van der Waals surface area contributed by atoms with Gasteiger partial charge in [0, 0.05) is 34.4 Å². The average molecular weight is 259 g/mol. The summed E-state index contributed by atoms with van der Waals surface area (Å²) >= 11 is 2.22. The van der Waals surface area contributed by atoms with Gasteiger partial charge in [-0.1, -0.05) is 0 Å². The summed E-state index contributed by atoms with van der Waals surface area (Å²) in [4.78, 5) is 0. The molecule has 1 N–H and O–H groups in total. The number of rotatable bonds is 3. The molecule has 1 saturated heterocycles. The predicted molar refractivity (Wildman–Crippen MR) is 48.6 cm³/mol. The Balaban J connectivity index is 1.98. The molecule has 0 radical (unpaired) electrons. The fraction of sp³-hybridized carbons (Fsp3) is 1.00. The standard InChI is InChI=1S/C5H10INOS/c6-9-7-4-5-2-1-3-8-5/h5,7H,1-4H2. The van der Waals surface area contributed by atoms with E-state index in [1.54, 1.807) is 9.12 Å². The van der Waals surface area contributed by atoms with E-state index >= 15 is 0 Å². The molecule has 1 aliphatic heterocycles. The summed E-state index contributed by atoms with van der Waals surface area (Å²) in [6.07, 6.45) is 2.94. The van der Waals surface area contributed by atoms with Crippen molar-refractivity contribution >= 4 is 30.3 Å². The molecule has 1 aliphatic rings. The molecule has 0 amide bonds. The third-order valence-corrected chi connectivity index (χ3v) is 2.60. The van der Waals surface area contributed by atoms with E-state index in [0.717, 1.165) is 13.2 Å². The summed E-state index contributed by atoms with van der Waals surface area (Å²) in [5.41, 5.74) is 0. The van der Waals surface area contributed by atoms with Crippen molar-refractivity contribution in [1.82, 2.24) is 4.72 Å². The van der Waals surface area contributed by atoms with Crippen LogP contribution in [0.25, 0.3) is 0 Å². The van der Waals surface area contributed by atoms with Gasteiger partial charge >= 0.3 is 0 Å². The number of ether oxygens (including phenoxy) is 1. The minimum Gasteiger partial charge on any atom is -0.377 e. The summed E-state index contributed by atoms with van der Waals surface area (Å²) < 4.78 is 8.54. The van der Waals surface area contributed by atoms with Gasteiger partial charge in [0.05, 0.1) is 6.10 Å². The first-order chi connectivity index (χ1) is 4.43. The summed E-state index contributed by atoms with van der Waals surface area (Å²) in [6, 6.07) is 0. The van der Waals surface area contributed by atoms with E-state index in [1.165, 1.54) is 12.8 Å². The van der Waals surface area contributed by atoms with E-state index in [1.807, 2.05) is 0 Å². The highest BCUT2D eigenvalue weighted by Gasteiger charge is 2.13. The molecule has 1 heterocycles. The Labute approximate surface area is 71.8 Å². The zero-order chi connectivity index (χ0) is 6.53. The molecule has 4 heteroatoms. The van der Waals surface area contributed by atoms with E-state index in [-0.39, 0.29) is 0 Å². The summed E-state index contributed by atoms with van der Waals surface area (Å²) in [6.45, 7) is 1.95. The molecule has 1 rings (SSSR count). The van der Waals surface area contributed by atoms with Crippen LogP contribution < -0.4 is 4.72 Å². The third-order valence-electron chi connectivity index (χ3n) is 1.39. The molecule has 0 aromatic carbocycles. The van der Waals surface area contributed by atoms with Gasteiger partial charge in [0.2, 0.25) is 0 Å². The highest BCUT2D eigenvalue weighted by atomic mass is 127. The monoisotopic (exact) mass is 259 g/mol. The maximum Gasteiger partial charge on any atom is 0.0709 e. The first kappa shape index (κ1) is 8.10. The summed E-state index contributed by atoms with van der Waals surface area (Å²) in [7, 11) is 1.63. The predicted octanol–water partition coefficient (Wildman–Crippen LogP) is 1.75. The van der Waals surface area contributed by atoms with Gasteiger partial charge in [0.15, 0.2) is 0 Å². The van der Waals surface area contributed by atoms with Gasteiger partial charge in [-0.05, 0) is 22.0 Å². The Morgan fingerprint density at radius 3 is 3.22 bits per heavy atom. The van der Waals surface area contributed by atoms with E-state index < -0.39 is 0 Å². The van der Waals surface area contributed by atoms with Crippen LogP contribution in [0.1, 0.15) is 12.8 Å². The van der Waals surface area contributed by atoms with Gasteiger partial charge in [-0.3, -0.25) is 4.72 Å². The minimum atomic E-state index is 0.479. The van der Waals surface area contributed by atoms with Crippen LogP contribution in [0.15, 0.2) is 0 Å². The van der Waals surface area contributed by atoms with Gasteiger partial charge in [-0.15, -0.1) is 0 Å². The largest absolute Gasteiger partial charge is 0.377 e. The Hall–Kier alpha value is 1.00. The second kappa shape index (κ2) is 4.76. The first-order valence-electron chi connectivity index (χ1n) is 3.05. The van der Waals surface area contributed by atoms with Crippen molar-refractivity contribution < 1.29 is 4.74 Å². The van der Waals surface area contributed by atoms with Crippen molar-refractivity contribution in [3.8, 4) is 0 Å². The quantitative estimate of drug-likeness (QED) is 0.616. The molecule has 0 aromatic heterocycles. The molecular weight excluding hydrogens is 249 g/mol. The molecule has 0 saturated carbocycles. The van der Waals surface area contributed by atoms with Gasteiger partial charge in [0.1, 0.15) is 0 Å². The highest BCUT2D eigenvalue weighted by molar-refractivity contribution is 14.2. The molecule has 54 valence electrons. The normalized spacial score (nSPS) is 27.0. The molecule has 1 unspecified atom stereocenters. The maximum atomic E-state index is 5.38. The molecular formula is C5H10INOS. The van der Waals surface area contributed by atoms with Crippen molar-refractivity contribution in [2.75, 3.05) is 13.2 Å². The Morgan fingerprint density at radius 1 is 1.78 bits per heavy atom. The molecule has 0 spiro atoms. The molecule has 2 nitrogen and oxygen atoms in total. The van der Waals surface area contributed by atoms with Gasteiger partial charge in [-0.25, -0.2) is 0 Å². The lowest BCUT2D eigenvalue weighted by Crippen LogP contribution is -2.19. The van der Waals surface area contributed by atoms with Crippen LogP contribution in [0, 0.1) is 0 Å². The number of nitrogens with one attached hydrogen (secondary N) is 1. The first-order valence-corrected chi connectivity index (χ1v) is 6.41. The fourth-order valence-corrected chi connectivity index (χ4v) is 1.72. The van der Waals surface area contributed by atoms with Crippen molar-refractivity contribution in [3.05, 3.63) is 0 Å². The lowest BCUT2D eigenvalue weighted by Gasteiger charge is -2.06. The van der Waals surface area contributed by atoms with Crippen LogP contribution in [-0.4, -0.2) is 19.3 Å². The van der Waals surface area contributed by atoms with Crippen molar-refractivity contribution in [3.63, 3.8) is 0 Å². The molecule has 0 bridgehead atoms. The van der Waals surface area contributed by atoms with Crippen molar-refractivity contribution in [2.24, 2.45) is 0 Å². The Kier molecular flexibility index (Phi) is 4.28. The topological polar surface area (TPSA) is 21.3 Å². The highest BCUT2D eigenvalue weighted by Crippen LogP contribution is 2.12. The second-order valence-corrected chi connectivity index (χ2v) is 3.82. The van der Waals surface area contributed by atoms with Crippen LogP contribution in [-0.2, 0) is 4.74 Å². The van der Waals surface area contributed by atoms with E-state index in [4.69, 9.17) is 4.74 Å². The lowest BCUT2D eigenvalue weighted by atomic mass is 10.2. The van der Waals surface area contributed by atoms with Crippen LogP contribution in [0.3, 0.4) is 0 Å². The van der Waals surface area contributed by atoms with Crippen molar-refractivity contribution in [2.45, 2.75) is 18.9 Å². The van der Waals surface area contributed by atoms with E-state index in [9.17, 15) is 0 Å².